The highest BCUT2D eigenvalue weighted by molar-refractivity contribution is 14.0. The van der Waals surface area contributed by atoms with Crippen LogP contribution in [-0.4, -0.2) is 42.0 Å². The number of guanidine groups is 1. The molecule has 154 valence electrons. The van der Waals surface area contributed by atoms with Crippen molar-refractivity contribution in [1.82, 2.24) is 20.4 Å². The molecule has 6 nitrogen and oxygen atoms in total. The number of aromatic nitrogens is 2. The van der Waals surface area contributed by atoms with E-state index in [4.69, 9.17) is 9.73 Å². The molecule has 2 N–H and O–H groups in total. The Bertz CT molecular complexity index is 702. The van der Waals surface area contributed by atoms with Crippen molar-refractivity contribution in [2.45, 2.75) is 39.3 Å². The van der Waals surface area contributed by atoms with Crippen LogP contribution in [-0.2, 0) is 11.3 Å². The molecule has 1 aromatic carbocycles. The average molecular weight is 497 g/mol. The first-order valence-electron chi connectivity index (χ1n) is 9.94. The second kappa shape index (κ2) is 12.1. The van der Waals surface area contributed by atoms with Crippen LogP contribution in [0.2, 0.25) is 0 Å². The fraction of sp³-hybridized carbons (Fsp3) is 0.524. The number of nitrogens with one attached hydrogen (secondary N) is 2. The number of hydrogen-bond donors (Lipinski definition) is 2. The largest absolute Gasteiger partial charge is 0.373 e. The zero-order chi connectivity index (χ0) is 18.9. The predicted octanol–water partition coefficient (Wildman–Crippen LogP) is 3.53. The van der Waals surface area contributed by atoms with Crippen LogP contribution in [0.3, 0.4) is 0 Å². The second-order valence-corrected chi connectivity index (χ2v) is 7.02. The molecular weight excluding hydrogens is 465 g/mol. The number of benzene rings is 1. The van der Waals surface area contributed by atoms with Gasteiger partial charge in [-0.3, -0.25) is 9.67 Å². The Labute approximate surface area is 185 Å². The van der Waals surface area contributed by atoms with Gasteiger partial charge in [0.2, 0.25) is 0 Å². The number of ether oxygens (including phenoxy) is 1. The van der Waals surface area contributed by atoms with Crippen molar-refractivity contribution in [1.29, 1.82) is 0 Å². The summed E-state index contributed by atoms with van der Waals surface area (Å²) in [4.78, 5) is 4.83. The van der Waals surface area contributed by atoms with E-state index >= 15 is 0 Å². The number of aryl methyl sites for hydroxylation is 1. The molecule has 0 aliphatic carbocycles. The molecular formula is C21H32IN5O. The molecule has 2 aromatic rings. The molecule has 1 aromatic heterocycles. The van der Waals surface area contributed by atoms with E-state index in [9.17, 15) is 0 Å². The van der Waals surface area contributed by atoms with Gasteiger partial charge in [0.15, 0.2) is 5.96 Å². The SMILES string of the molecule is CCNC(=NCC1CCCOC1c1ccc(C)cc1)NCCn1cccn1.I. The van der Waals surface area contributed by atoms with Crippen molar-refractivity contribution in [2.24, 2.45) is 10.9 Å². The van der Waals surface area contributed by atoms with Crippen LogP contribution in [0.5, 0.6) is 0 Å². The fourth-order valence-electron chi connectivity index (χ4n) is 3.43. The highest BCUT2D eigenvalue weighted by Crippen LogP contribution is 2.33. The first kappa shape index (κ1) is 22.7. The van der Waals surface area contributed by atoms with Crippen molar-refractivity contribution < 1.29 is 4.74 Å². The molecule has 2 heterocycles. The van der Waals surface area contributed by atoms with Gasteiger partial charge in [0.05, 0.1) is 12.6 Å². The summed E-state index contributed by atoms with van der Waals surface area (Å²) in [5.74, 6) is 1.26. The highest BCUT2D eigenvalue weighted by Gasteiger charge is 2.27. The van der Waals surface area contributed by atoms with Gasteiger partial charge in [0.25, 0.3) is 0 Å². The first-order valence-corrected chi connectivity index (χ1v) is 9.94. The molecule has 1 saturated heterocycles. The summed E-state index contributed by atoms with van der Waals surface area (Å²) < 4.78 is 8.03. The van der Waals surface area contributed by atoms with Crippen molar-refractivity contribution in [2.75, 3.05) is 26.2 Å². The third kappa shape index (κ3) is 6.77. The van der Waals surface area contributed by atoms with Crippen molar-refractivity contribution in [3.8, 4) is 0 Å². The molecule has 3 rings (SSSR count). The van der Waals surface area contributed by atoms with E-state index in [1.54, 1.807) is 6.20 Å². The van der Waals surface area contributed by atoms with Crippen LogP contribution in [0.15, 0.2) is 47.7 Å². The summed E-state index contributed by atoms with van der Waals surface area (Å²) in [6, 6.07) is 10.6. The Morgan fingerprint density at radius 3 is 2.82 bits per heavy atom. The van der Waals surface area contributed by atoms with Gasteiger partial charge in [-0.05, 0) is 38.3 Å². The van der Waals surface area contributed by atoms with Gasteiger partial charge >= 0.3 is 0 Å². The lowest BCUT2D eigenvalue weighted by Gasteiger charge is -2.31. The number of halogens is 1. The summed E-state index contributed by atoms with van der Waals surface area (Å²) in [5, 5.41) is 11.0. The maximum absolute atomic E-state index is 6.12. The van der Waals surface area contributed by atoms with E-state index in [0.717, 1.165) is 51.6 Å². The molecule has 1 fully saturated rings. The zero-order valence-electron chi connectivity index (χ0n) is 16.8. The Kier molecular flexibility index (Phi) is 9.77. The Morgan fingerprint density at radius 1 is 1.29 bits per heavy atom. The lowest BCUT2D eigenvalue weighted by molar-refractivity contribution is -0.0250. The van der Waals surface area contributed by atoms with Gasteiger partial charge in [0, 0.05) is 44.6 Å². The van der Waals surface area contributed by atoms with Crippen molar-refractivity contribution in [3.05, 3.63) is 53.9 Å². The van der Waals surface area contributed by atoms with Crippen molar-refractivity contribution in [3.63, 3.8) is 0 Å². The summed E-state index contributed by atoms with van der Waals surface area (Å²) in [6.07, 6.45) is 6.15. The van der Waals surface area contributed by atoms with Gasteiger partial charge < -0.3 is 15.4 Å². The predicted molar refractivity (Wildman–Crippen MR) is 124 cm³/mol. The van der Waals surface area contributed by atoms with Gasteiger partial charge in [0.1, 0.15) is 0 Å². The van der Waals surface area contributed by atoms with Crippen LogP contribution in [0, 0.1) is 12.8 Å². The molecule has 0 bridgehead atoms. The highest BCUT2D eigenvalue weighted by atomic mass is 127. The lowest BCUT2D eigenvalue weighted by atomic mass is 9.89. The van der Waals surface area contributed by atoms with Crippen LogP contribution in [0.4, 0.5) is 0 Å². The number of rotatable bonds is 7. The average Bonchev–Trinajstić information content (AvgIpc) is 3.20. The Hall–Kier alpha value is -1.61. The molecule has 1 aliphatic heterocycles. The second-order valence-electron chi connectivity index (χ2n) is 7.02. The van der Waals surface area contributed by atoms with Gasteiger partial charge in [-0.1, -0.05) is 29.8 Å². The van der Waals surface area contributed by atoms with Crippen LogP contribution in [0.1, 0.15) is 37.0 Å². The Morgan fingerprint density at radius 2 is 2.11 bits per heavy atom. The van der Waals surface area contributed by atoms with Crippen LogP contribution < -0.4 is 10.6 Å². The molecule has 7 heteroatoms. The van der Waals surface area contributed by atoms with E-state index < -0.39 is 0 Å². The minimum absolute atomic E-state index is 0. The van der Waals surface area contributed by atoms with Crippen LogP contribution >= 0.6 is 24.0 Å². The molecule has 0 spiro atoms. The van der Waals surface area contributed by atoms with E-state index in [-0.39, 0.29) is 30.1 Å². The minimum Gasteiger partial charge on any atom is -0.373 e. The lowest BCUT2D eigenvalue weighted by Crippen LogP contribution is -2.39. The third-order valence-corrected chi connectivity index (χ3v) is 4.87. The van der Waals surface area contributed by atoms with Gasteiger partial charge in [-0.15, -0.1) is 24.0 Å². The molecule has 1 aliphatic rings. The smallest absolute Gasteiger partial charge is 0.191 e. The first-order chi connectivity index (χ1) is 13.3. The van der Waals surface area contributed by atoms with E-state index in [1.165, 1.54) is 11.1 Å². The summed E-state index contributed by atoms with van der Waals surface area (Å²) in [7, 11) is 0. The van der Waals surface area contributed by atoms with E-state index in [2.05, 4.69) is 53.8 Å². The number of hydrogen-bond acceptors (Lipinski definition) is 3. The van der Waals surface area contributed by atoms with E-state index in [0.29, 0.717) is 5.92 Å². The quantitative estimate of drug-likeness (QED) is 0.349. The summed E-state index contributed by atoms with van der Waals surface area (Å²) in [6.45, 7) is 8.24. The number of nitrogens with zero attached hydrogens (tertiary/aromatic N) is 3. The Balaban J connectivity index is 0.00000280. The maximum Gasteiger partial charge on any atom is 0.191 e. The fourth-order valence-corrected chi connectivity index (χ4v) is 3.43. The molecule has 2 atom stereocenters. The topological polar surface area (TPSA) is 63.5 Å². The molecule has 28 heavy (non-hydrogen) atoms. The standard InChI is InChI=1S/C21H31N5O.HI/c1-3-22-21(23-12-14-26-13-5-11-25-26)24-16-19-6-4-15-27-20(19)18-9-7-17(2)8-10-18;/h5,7-11,13,19-20H,3-4,6,12,14-16H2,1-2H3,(H2,22,23,24);1H. The normalized spacial score (nSPS) is 19.7. The zero-order valence-corrected chi connectivity index (χ0v) is 19.1. The molecule has 0 amide bonds. The molecule has 2 unspecified atom stereocenters. The van der Waals surface area contributed by atoms with Crippen LogP contribution in [0.25, 0.3) is 0 Å². The third-order valence-electron chi connectivity index (χ3n) is 4.87. The number of aliphatic imine (C=N–C) groups is 1. The maximum atomic E-state index is 6.12. The van der Waals surface area contributed by atoms with Gasteiger partial charge in [-0.2, -0.15) is 5.10 Å². The summed E-state index contributed by atoms with van der Waals surface area (Å²) >= 11 is 0. The monoisotopic (exact) mass is 497 g/mol. The molecule has 0 radical (unpaired) electrons. The molecule has 0 saturated carbocycles. The van der Waals surface area contributed by atoms with Gasteiger partial charge in [-0.25, -0.2) is 0 Å². The summed E-state index contributed by atoms with van der Waals surface area (Å²) in [5.41, 5.74) is 2.54. The van der Waals surface area contributed by atoms with E-state index in [1.807, 2.05) is 16.9 Å². The minimum atomic E-state index is 0. The van der Waals surface area contributed by atoms with Crippen molar-refractivity contribution >= 4 is 29.9 Å².